The zero-order valence-corrected chi connectivity index (χ0v) is 11.7. The van der Waals surface area contributed by atoms with Crippen molar-refractivity contribution >= 4 is 23.2 Å². The molecule has 0 aromatic heterocycles. The maximum Gasteiger partial charge on any atom is 0.0465 e. The van der Waals surface area contributed by atoms with Crippen LogP contribution in [0.15, 0.2) is 18.2 Å². The molecule has 0 atom stereocenters. The van der Waals surface area contributed by atoms with Crippen LogP contribution in [0.2, 0.25) is 10.0 Å². The Morgan fingerprint density at radius 2 is 1.71 bits per heavy atom. The molecule has 2 rings (SSSR count). The van der Waals surface area contributed by atoms with Crippen LogP contribution >= 0.6 is 23.2 Å². The molecule has 17 heavy (non-hydrogen) atoms. The van der Waals surface area contributed by atoms with Gasteiger partial charge in [0.1, 0.15) is 0 Å². The van der Waals surface area contributed by atoms with Crippen LogP contribution in [0.25, 0.3) is 0 Å². The summed E-state index contributed by atoms with van der Waals surface area (Å²) in [6.07, 6.45) is 6.49. The summed E-state index contributed by atoms with van der Waals surface area (Å²) in [5.74, 6) is 0. The summed E-state index contributed by atoms with van der Waals surface area (Å²) in [5, 5.41) is 5.14. The Morgan fingerprint density at radius 1 is 1.12 bits per heavy atom. The van der Waals surface area contributed by atoms with Gasteiger partial charge in [-0.2, -0.15) is 0 Å². The fraction of sp³-hybridized carbons (Fsp3) is 0.571. The van der Waals surface area contributed by atoms with Crippen molar-refractivity contribution in [3.8, 4) is 0 Å². The second-order valence-electron chi connectivity index (χ2n) is 5.18. The van der Waals surface area contributed by atoms with E-state index in [9.17, 15) is 0 Å². The summed E-state index contributed by atoms with van der Waals surface area (Å²) in [6.45, 7) is 3.06. The Hall–Kier alpha value is -0.240. The lowest BCUT2D eigenvalue weighted by Gasteiger charge is -2.35. The van der Waals surface area contributed by atoms with Gasteiger partial charge in [-0.05, 0) is 31.9 Å². The predicted octanol–water partition coefficient (Wildman–Crippen LogP) is 4.81. The van der Waals surface area contributed by atoms with Gasteiger partial charge in [0, 0.05) is 27.7 Å². The molecule has 0 aliphatic heterocycles. The molecule has 0 radical (unpaired) electrons. The zero-order chi connectivity index (χ0) is 12.3. The van der Waals surface area contributed by atoms with Gasteiger partial charge in [-0.1, -0.05) is 48.5 Å². The molecule has 1 saturated carbocycles. The zero-order valence-electron chi connectivity index (χ0n) is 10.2. The predicted molar refractivity (Wildman–Crippen MR) is 74.8 cm³/mol. The van der Waals surface area contributed by atoms with E-state index in [0.29, 0.717) is 0 Å². The first-order valence-electron chi connectivity index (χ1n) is 6.29. The molecule has 0 amide bonds. The molecule has 1 aromatic rings. The first kappa shape index (κ1) is 13.2. The maximum absolute atomic E-state index is 6.17. The first-order valence-corrected chi connectivity index (χ1v) is 7.04. The van der Waals surface area contributed by atoms with Gasteiger partial charge in [0.15, 0.2) is 0 Å². The Labute approximate surface area is 114 Å². The van der Waals surface area contributed by atoms with Crippen molar-refractivity contribution in [3.05, 3.63) is 33.8 Å². The quantitative estimate of drug-likeness (QED) is 0.832. The fourth-order valence-corrected chi connectivity index (χ4v) is 3.04. The molecule has 1 aliphatic rings. The highest BCUT2D eigenvalue weighted by molar-refractivity contribution is 6.35. The van der Waals surface area contributed by atoms with E-state index in [0.717, 1.165) is 22.2 Å². The lowest BCUT2D eigenvalue weighted by atomic mass is 9.83. The highest BCUT2D eigenvalue weighted by Gasteiger charge is 2.26. The smallest absolute Gasteiger partial charge is 0.0465 e. The first-order chi connectivity index (χ1) is 8.11. The van der Waals surface area contributed by atoms with Gasteiger partial charge in [-0.15, -0.1) is 0 Å². The summed E-state index contributed by atoms with van der Waals surface area (Å²) in [4.78, 5) is 0. The van der Waals surface area contributed by atoms with Crippen molar-refractivity contribution in [2.75, 3.05) is 0 Å². The van der Waals surface area contributed by atoms with E-state index in [-0.39, 0.29) is 5.54 Å². The minimum atomic E-state index is 0.251. The molecular formula is C14H19Cl2N. The third kappa shape index (κ3) is 3.37. The molecule has 0 saturated heterocycles. The molecule has 0 heterocycles. The van der Waals surface area contributed by atoms with E-state index in [2.05, 4.69) is 12.2 Å². The highest BCUT2D eigenvalue weighted by atomic mass is 35.5. The summed E-state index contributed by atoms with van der Waals surface area (Å²) < 4.78 is 0. The number of rotatable bonds is 3. The normalized spacial score (nSPS) is 19.2. The van der Waals surface area contributed by atoms with Crippen LogP contribution in [0.4, 0.5) is 0 Å². The number of hydrogen-bond acceptors (Lipinski definition) is 1. The molecule has 1 aliphatic carbocycles. The summed E-state index contributed by atoms with van der Waals surface area (Å²) >= 11 is 12.3. The molecule has 0 spiro atoms. The van der Waals surface area contributed by atoms with E-state index in [1.807, 2.05) is 18.2 Å². The monoisotopic (exact) mass is 271 g/mol. The molecule has 1 N–H and O–H groups in total. The van der Waals surface area contributed by atoms with Gasteiger partial charge in [0.25, 0.3) is 0 Å². The van der Waals surface area contributed by atoms with Crippen LogP contribution in [0.3, 0.4) is 0 Å². The summed E-state index contributed by atoms with van der Waals surface area (Å²) in [7, 11) is 0. The van der Waals surface area contributed by atoms with Crippen LogP contribution in [0, 0.1) is 0 Å². The standard InChI is InChI=1S/C14H19Cl2N/c1-14(8-3-2-4-9-14)17-10-11-12(15)6-5-7-13(11)16/h5-7,17H,2-4,8-10H2,1H3. The van der Waals surface area contributed by atoms with Gasteiger partial charge in [0.2, 0.25) is 0 Å². The van der Waals surface area contributed by atoms with Gasteiger partial charge in [-0.3, -0.25) is 0 Å². The van der Waals surface area contributed by atoms with Crippen molar-refractivity contribution < 1.29 is 0 Å². The Morgan fingerprint density at radius 3 is 2.29 bits per heavy atom. The number of hydrogen-bond donors (Lipinski definition) is 1. The summed E-state index contributed by atoms with van der Waals surface area (Å²) in [5.41, 5.74) is 1.27. The topological polar surface area (TPSA) is 12.0 Å². The number of halogens is 2. The van der Waals surface area contributed by atoms with Crippen molar-refractivity contribution in [1.29, 1.82) is 0 Å². The van der Waals surface area contributed by atoms with Crippen molar-refractivity contribution in [2.24, 2.45) is 0 Å². The van der Waals surface area contributed by atoms with E-state index in [1.54, 1.807) is 0 Å². The molecule has 0 bridgehead atoms. The Kier molecular flexibility index (Phi) is 4.35. The second kappa shape index (κ2) is 5.60. The molecular weight excluding hydrogens is 253 g/mol. The Balaban J connectivity index is 2.02. The fourth-order valence-electron chi connectivity index (χ4n) is 2.51. The van der Waals surface area contributed by atoms with Crippen LogP contribution in [0.5, 0.6) is 0 Å². The van der Waals surface area contributed by atoms with Crippen LogP contribution < -0.4 is 5.32 Å². The van der Waals surface area contributed by atoms with Crippen LogP contribution in [-0.4, -0.2) is 5.54 Å². The van der Waals surface area contributed by atoms with Crippen LogP contribution in [-0.2, 0) is 6.54 Å². The minimum absolute atomic E-state index is 0.251. The van der Waals surface area contributed by atoms with Gasteiger partial charge in [0.05, 0.1) is 0 Å². The number of nitrogens with one attached hydrogen (secondary N) is 1. The van der Waals surface area contributed by atoms with Gasteiger partial charge < -0.3 is 5.32 Å². The third-order valence-electron chi connectivity index (χ3n) is 3.71. The lowest BCUT2D eigenvalue weighted by Crippen LogP contribution is -2.43. The van der Waals surface area contributed by atoms with Gasteiger partial charge >= 0.3 is 0 Å². The minimum Gasteiger partial charge on any atom is -0.307 e. The molecule has 0 unspecified atom stereocenters. The molecule has 94 valence electrons. The van der Waals surface area contributed by atoms with E-state index < -0.39 is 0 Å². The van der Waals surface area contributed by atoms with Crippen molar-refractivity contribution in [1.82, 2.24) is 5.32 Å². The molecule has 1 fully saturated rings. The van der Waals surface area contributed by atoms with Crippen molar-refractivity contribution in [3.63, 3.8) is 0 Å². The number of benzene rings is 1. The molecule has 1 aromatic carbocycles. The SMILES string of the molecule is CC1(NCc2c(Cl)cccc2Cl)CCCCC1. The van der Waals surface area contributed by atoms with E-state index in [4.69, 9.17) is 23.2 Å². The van der Waals surface area contributed by atoms with Crippen LogP contribution in [0.1, 0.15) is 44.6 Å². The van der Waals surface area contributed by atoms with E-state index >= 15 is 0 Å². The molecule has 3 heteroatoms. The van der Waals surface area contributed by atoms with Gasteiger partial charge in [-0.25, -0.2) is 0 Å². The largest absolute Gasteiger partial charge is 0.307 e. The van der Waals surface area contributed by atoms with Crippen molar-refractivity contribution in [2.45, 2.75) is 51.1 Å². The maximum atomic E-state index is 6.17. The average Bonchev–Trinajstić information content (AvgIpc) is 2.29. The average molecular weight is 272 g/mol. The Bertz CT molecular complexity index is 364. The third-order valence-corrected chi connectivity index (χ3v) is 4.42. The molecule has 1 nitrogen and oxygen atoms in total. The van der Waals surface area contributed by atoms with E-state index in [1.165, 1.54) is 32.1 Å². The second-order valence-corrected chi connectivity index (χ2v) is 5.99. The lowest BCUT2D eigenvalue weighted by molar-refractivity contribution is 0.252. The summed E-state index contributed by atoms with van der Waals surface area (Å²) in [6, 6.07) is 5.68. The highest BCUT2D eigenvalue weighted by Crippen LogP contribution is 2.30.